The minimum Gasteiger partial charge on any atom is -0.462 e. The summed E-state index contributed by atoms with van der Waals surface area (Å²) in [6, 6.07) is 3.40. The number of carbonyl (C=O) groups excluding carboxylic acids is 1. The maximum Gasteiger partial charge on any atom is 0.330 e. The van der Waals surface area contributed by atoms with Crippen LogP contribution in [0.2, 0.25) is 0 Å². The Labute approximate surface area is 211 Å². The summed E-state index contributed by atoms with van der Waals surface area (Å²) in [5.41, 5.74) is -3.38. The molecule has 13 nitrogen and oxygen atoms in total. The van der Waals surface area contributed by atoms with Gasteiger partial charge in [-0.25, -0.2) is 9.88 Å². The number of ether oxygens (including phenoxy) is 2. The summed E-state index contributed by atoms with van der Waals surface area (Å²) < 4.78 is 23.6. The number of esters is 1. The second-order valence-corrected chi connectivity index (χ2v) is 11.8. The van der Waals surface area contributed by atoms with Gasteiger partial charge in [0, 0.05) is 18.5 Å². The average molecular weight is 545 g/mol. The third-order valence-electron chi connectivity index (χ3n) is 5.18. The van der Waals surface area contributed by atoms with E-state index in [2.05, 4.69) is 15.1 Å². The van der Waals surface area contributed by atoms with E-state index in [1.165, 1.54) is 26.2 Å². The summed E-state index contributed by atoms with van der Waals surface area (Å²) in [4.78, 5) is 42.0. The molecule has 1 fully saturated rings. The minimum absolute atomic E-state index is 0.273. The van der Waals surface area contributed by atoms with E-state index in [0.717, 1.165) is 16.8 Å². The summed E-state index contributed by atoms with van der Waals surface area (Å²) in [6.07, 6.45) is -0.247. The number of aromatic nitrogens is 3. The molecule has 6 unspecified atom stereocenters. The van der Waals surface area contributed by atoms with E-state index in [1.54, 1.807) is 26.0 Å². The molecule has 0 amide bonds. The molecule has 0 saturated carbocycles. The van der Waals surface area contributed by atoms with E-state index >= 15 is 0 Å². The molecule has 36 heavy (non-hydrogen) atoms. The molecule has 0 spiro atoms. The summed E-state index contributed by atoms with van der Waals surface area (Å²) in [7, 11) is 0. The van der Waals surface area contributed by atoms with Gasteiger partial charge in [0.25, 0.3) is 5.56 Å². The number of pyridine rings is 1. The number of nitrogens with one attached hydrogen (secondary N) is 2. The molecule has 1 saturated heterocycles. The van der Waals surface area contributed by atoms with Gasteiger partial charge in [0.15, 0.2) is 6.23 Å². The van der Waals surface area contributed by atoms with Gasteiger partial charge < -0.3 is 28.7 Å². The second kappa shape index (κ2) is 11.3. The van der Waals surface area contributed by atoms with Crippen LogP contribution in [-0.2, 0) is 30.6 Å². The number of aliphatic hydroxyl groups is 2. The molecule has 3 rings (SSSR count). The van der Waals surface area contributed by atoms with Gasteiger partial charge in [-0.1, -0.05) is 0 Å². The number of rotatable bonds is 10. The molecule has 4 N–H and O–H groups in total. The number of hydrogen-bond acceptors (Lipinski definition) is 11. The highest BCUT2D eigenvalue weighted by molar-refractivity contribution is 8.09. The maximum atomic E-state index is 12.3. The van der Waals surface area contributed by atoms with Crippen LogP contribution in [0.5, 0.6) is 5.75 Å². The Morgan fingerprint density at radius 2 is 2.11 bits per heavy atom. The minimum atomic E-state index is -3.47. The molecule has 0 bridgehead atoms. The van der Waals surface area contributed by atoms with Crippen LogP contribution in [0.1, 0.15) is 33.9 Å². The first-order chi connectivity index (χ1) is 16.8. The van der Waals surface area contributed by atoms with Gasteiger partial charge in [-0.05, 0) is 51.6 Å². The molecule has 2 aromatic rings. The Balaban J connectivity index is 1.80. The smallest absolute Gasteiger partial charge is 0.330 e. The van der Waals surface area contributed by atoms with Gasteiger partial charge in [-0.2, -0.15) is 0 Å². The van der Waals surface area contributed by atoms with Crippen molar-refractivity contribution in [2.24, 2.45) is 0 Å². The molecule has 0 radical (unpaired) electrons. The van der Waals surface area contributed by atoms with Crippen LogP contribution in [0.25, 0.3) is 0 Å². The van der Waals surface area contributed by atoms with Crippen LogP contribution in [0, 0.1) is 0 Å². The molecule has 0 aromatic carbocycles. The van der Waals surface area contributed by atoms with Gasteiger partial charge in [-0.15, -0.1) is 0 Å². The summed E-state index contributed by atoms with van der Waals surface area (Å²) in [5.74, 6) is -0.300. The molecular formula is C21H29N4O9PS. The Bertz CT molecular complexity index is 1220. The number of carbonyl (C=O) groups is 1. The molecule has 198 valence electrons. The van der Waals surface area contributed by atoms with Gasteiger partial charge in [0.05, 0.1) is 18.9 Å². The molecule has 15 heteroatoms. The highest BCUT2D eigenvalue weighted by Gasteiger charge is 2.53. The molecule has 6 atom stereocenters. The third kappa shape index (κ3) is 6.65. The molecular weight excluding hydrogens is 515 g/mol. The number of aliphatic hydroxyl groups excluding tert-OH is 1. The standard InChI is InChI=1S/C21H29N4O9PS/c1-12(2)32-18(28)13(3)24-35(36,34-14-6-5-8-22-10-14)31-11-15-17(27)21(4,30)19(33-15)25-9-7-16(26)23-20(25)29/h5-10,12-13,15,17,19,27,30H,11H2,1-4H3,(H,24,36)(H,23,26,29). The first-order valence-corrected chi connectivity index (χ1v) is 13.7. The summed E-state index contributed by atoms with van der Waals surface area (Å²) in [5, 5.41) is 24.5. The predicted octanol–water partition coefficient (Wildman–Crippen LogP) is 0.191. The van der Waals surface area contributed by atoms with Crippen molar-refractivity contribution < 1.29 is 33.5 Å². The van der Waals surface area contributed by atoms with Crippen LogP contribution in [0.4, 0.5) is 0 Å². The molecule has 3 heterocycles. The van der Waals surface area contributed by atoms with Gasteiger partial charge in [-0.3, -0.25) is 24.1 Å². The van der Waals surface area contributed by atoms with Crippen LogP contribution < -0.4 is 20.9 Å². The molecule has 1 aliphatic heterocycles. The lowest BCUT2D eigenvalue weighted by molar-refractivity contribution is -0.149. The van der Waals surface area contributed by atoms with Gasteiger partial charge >= 0.3 is 18.3 Å². The normalized spacial score (nSPS) is 26.4. The van der Waals surface area contributed by atoms with Crippen molar-refractivity contribution in [3.8, 4) is 5.75 Å². The Kier molecular flexibility index (Phi) is 8.83. The van der Waals surface area contributed by atoms with E-state index in [9.17, 15) is 24.6 Å². The van der Waals surface area contributed by atoms with E-state index in [1.807, 2.05) is 0 Å². The molecule has 0 aliphatic carbocycles. The Hall–Kier alpha value is -2.45. The Morgan fingerprint density at radius 1 is 1.39 bits per heavy atom. The van der Waals surface area contributed by atoms with Crippen LogP contribution in [-0.4, -0.2) is 67.3 Å². The predicted molar refractivity (Wildman–Crippen MR) is 131 cm³/mol. The monoisotopic (exact) mass is 544 g/mol. The fourth-order valence-corrected chi connectivity index (χ4v) is 5.82. The highest BCUT2D eigenvalue weighted by atomic mass is 32.5. The molecule has 2 aromatic heterocycles. The average Bonchev–Trinajstić information content (AvgIpc) is 3.01. The third-order valence-corrected chi connectivity index (χ3v) is 7.68. The van der Waals surface area contributed by atoms with Crippen molar-refractivity contribution >= 4 is 24.4 Å². The van der Waals surface area contributed by atoms with Crippen molar-refractivity contribution in [1.29, 1.82) is 0 Å². The molecule has 1 aliphatic rings. The summed E-state index contributed by atoms with van der Waals surface area (Å²) in [6.45, 7) is 2.39. The number of nitrogens with zero attached hydrogens (tertiary/aromatic N) is 2. The second-order valence-electron chi connectivity index (χ2n) is 8.62. The van der Waals surface area contributed by atoms with Crippen molar-refractivity contribution in [2.45, 2.75) is 63.9 Å². The largest absolute Gasteiger partial charge is 0.462 e. The first-order valence-electron chi connectivity index (χ1n) is 11.0. The van der Waals surface area contributed by atoms with Crippen molar-refractivity contribution in [1.82, 2.24) is 19.6 Å². The Morgan fingerprint density at radius 3 is 2.72 bits per heavy atom. The van der Waals surface area contributed by atoms with Gasteiger partial charge in [0.2, 0.25) is 0 Å². The zero-order valence-corrected chi connectivity index (χ0v) is 21.8. The van der Waals surface area contributed by atoms with Gasteiger partial charge in [0.1, 0.15) is 29.6 Å². The van der Waals surface area contributed by atoms with E-state index < -0.39 is 53.9 Å². The quantitative estimate of drug-likeness (QED) is 0.236. The number of H-pyrrole nitrogens is 1. The van der Waals surface area contributed by atoms with E-state index in [4.69, 9.17) is 30.3 Å². The number of hydrogen-bond donors (Lipinski definition) is 4. The zero-order valence-electron chi connectivity index (χ0n) is 20.1. The summed E-state index contributed by atoms with van der Waals surface area (Å²) >= 11 is 5.61. The van der Waals surface area contributed by atoms with Crippen LogP contribution in [0.15, 0.2) is 46.4 Å². The van der Waals surface area contributed by atoms with E-state index in [-0.39, 0.29) is 18.5 Å². The maximum absolute atomic E-state index is 12.3. The van der Waals surface area contributed by atoms with Crippen LogP contribution >= 0.6 is 6.64 Å². The number of aromatic amines is 1. The van der Waals surface area contributed by atoms with Crippen molar-refractivity contribution in [2.75, 3.05) is 6.61 Å². The fourth-order valence-electron chi connectivity index (χ4n) is 3.42. The lowest BCUT2D eigenvalue weighted by atomic mass is 9.96. The lowest BCUT2D eigenvalue weighted by Gasteiger charge is -2.28. The topological polar surface area (TPSA) is 174 Å². The zero-order chi connectivity index (χ0) is 26.7. The highest BCUT2D eigenvalue weighted by Crippen LogP contribution is 2.47. The van der Waals surface area contributed by atoms with Crippen molar-refractivity contribution in [3.05, 3.63) is 57.6 Å². The lowest BCUT2D eigenvalue weighted by Crippen LogP contribution is -2.47. The SMILES string of the molecule is CC(C)OC(=O)C(C)NP(=S)(OCC1OC(n2ccc(=O)[nH]c2=O)C(C)(O)C1O)Oc1cccnc1. The van der Waals surface area contributed by atoms with Crippen LogP contribution in [0.3, 0.4) is 0 Å². The first kappa shape index (κ1) is 28.1. The van der Waals surface area contributed by atoms with E-state index in [0.29, 0.717) is 0 Å². The fraction of sp³-hybridized carbons (Fsp3) is 0.524. The van der Waals surface area contributed by atoms with Crippen molar-refractivity contribution in [3.63, 3.8) is 0 Å².